The normalized spacial score (nSPS) is 25.7. The van der Waals surface area contributed by atoms with Gasteiger partial charge in [0.25, 0.3) is 0 Å². The Labute approximate surface area is 190 Å². The van der Waals surface area contributed by atoms with Gasteiger partial charge >= 0.3 is 0 Å². The number of halogens is 4. The summed E-state index contributed by atoms with van der Waals surface area (Å²) in [6.07, 6.45) is 0.644. The maximum atomic E-state index is 14.3. The van der Waals surface area contributed by atoms with E-state index in [1.54, 1.807) is 12.1 Å². The van der Waals surface area contributed by atoms with Crippen LogP contribution >= 0.6 is 0 Å². The van der Waals surface area contributed by atoms with Crippen LogP contribution < -0.4 is 9.64 Å². The molecule has 4 nitrogen and oxygen atoms in total. The Hall–Kier alpha value is -3.68. The first kappa shape index (κ1) is 19.8. The van der Waals surface area contributed by atoms with E-state index >= 15 is 0 Å². The smallest absolute Gasteiger partial charge is 0.238 e. The SMILES string of the molecule is O=C1[C@@H]2C3c4cc(F)c(F)cc4C(c4cc(F)c(F)cc43)[C@@H]2C(=O)N1c1cccc2c1OCC2. The Kier molecular flexibility index (Phi) is 3.76. The molecule has 8 rings (SSSR count). The van der Waals surface area contributed by atoms with Crippen molar-refractivity contribution in [3.63, 3.8) is 0 Å². The van der Waals surface area contributed by atoms with Crippen molar-refractivity contribution in [3.8, 4) is 5.75 Å². The van der Waals surface area contributed by atoms with Crippen LogP contribution in [0.25, 0.3) is 0 Å². The van der Waals surface area contributed by atoms with Crippen molar-refractivity contribution in [2.75, 3.05) is 11.5 Å². The Morgan fingerprint density at radius 2 is 1.21 bits per heavy atom. The van der Waals surface area contributed by atoms with E-state index in [0.717, 1.165) is 34.7 Å². The maximum absolute atomic E-state index is 14.3. The summed E-state index contributed by atoms with van der Waals surface area (Å²) in [6.45, 7) is 0.425. The Bertz CT molecular complexity index is 1330. The fraction of sp³-hybridized carbons (Fsp3) is 0.231. The van der Waals surface area contributed by atoms with E-state index in [9.17, 15) is 27.2 Å². The fourth-order valence-electron chi connectivity index (χ4n) is 6.37. The number of anilines is 1. The molecule has 0 N–H and O–H groups in total. The number of nitrogens with zero attached hydrogens (tertiary/aromatic N) is 1. The number of carbonyl (C=O) groups excluding carboxylic acids is 2. The Morgan fingerprint density at radius 3 is 1.68 bits per heavy atom. The van der Waals surface area contributed by atoms with Gasteiger partial charge < -0.3 is 4.74 Å². The monoisotopic (exact) mass is 465 g/mol. The highest BCUT2D eigenvalue weighted by Gasteiger charge is 2.62. The number of imide groups is 1. The second-order valence-electron chi connectivity index (χ2n) is 9.17. The molecule has 2 heterocycles. The van der Waals surface area contributed by atoms with Crippen LogP contribution in [-0.4, -0.2) is 18.4 Å². The van der Waals surface area contributed by atoms with Gasteiger partial charge in [-0.15, -0.1) is 0 Å². The Morgan fingerprint density at radius 1 is 0.735 bits per heavy atom. The molecule has 170 valence electrons. The third-order valence-corrected chi connectivity index (χ3v) is 7.64. The highest BCUT2D eigenvalue weighted by molar-refractivity contribution is 6.24. The predicted molar refractivity (Wildman–Crippen MR) is 112 cm³/mol. The van der Waals surface area contributed by atoms with Crippen molar-refractivity contribution < 1.29 is 31.9 Å². The molecule has 3 aromatic carbocycles. The molecule has 0 radical (unpaired) electrons. The van der Waals surface area contributed by atoms with Crippen molar-refractivity contribution in [1.82, 2.24) is 0 Å². The predicted octanol–water partition coefficient (Wildman–Crippen LogP) is 4.57. The van der Waals surface area contributed by atoms with Gasteiger partial charge in [0.15, 0.2) is 23.3 Å². The van der Waals surface area contributed by atoms with Crippen LogP contribution in [0.1, 0.15) is 39.7 Å². The van der Waals surface area contributed by atoms with Crippen LogP contribution in [0.5, 0.6) is 5.75 Å². The fourth-order valence-corrected chi connectivity index (χ4v) is 6.37. The van der Waals surface area contributed by atoms with E-state index < -0.39 is 58.8 Å². The average Bonchev–Trinajstić information content (AvgIpc) is 3.39. The molecule has 8 heteroatoms. The maximum Gasteiger partial charge on any atom is 0.238 e. The van der Waals surface area contributed by atoms with Crippen LogP contribution in [0.15, 0.2) is 42.5 Å². The topological polar surface area (TPSA) is 46.6 Å². The number of hydrogen-bond donors (Lipinski definition) is 0. The lowest BCUT2D eigenvalue weighted by molar-refractivity contribution is -0.122. The summed E-state index contributed by atoms with van der Waals surface area (Å²) in [6, 6.07) is 9.24. The number of ether oxygens (including phenoxy) is 1. The highest BCUT2D eigenvalue weighted by atomic mass is 19.2. The molecule has 0 spiro atoms. The minimum atomic E-state index is -1.10. The molecule has 0 aromatic heterocycles. The van der Waals surface area contributed by atoms with Crippen LogP contribution in [-0.2, 0) is 16.0 Å². The molecule has 2 atom stereocenters. The molecule has 2 bridgehead atoms. The molecule has 5 aliphatic rings. The average molecular weight is 465 g/mol. The van der Waals surface area contributed by atoms with Crippen LogP contribution in [0, 0.1) is 35.1 Å². The molecule has 1 saturated heterocycles. The van der Waals surface area contributed by atoms with Crippen molar-refractivity contribution >= 4 is 17.5 Å². The summed E-state index contributed by atoms with van der Waals surface area (Å²) in [7, 11) is 0. The molecule has 2 amide bonds. The minimum absolute atomic E-state index is 0.321. The van der Waals surface area contributed by atoms with Gasteiger partial charge in [0.05, 0.1) is 24.1 Å². The zero-order valence-corrected chi connectivity index (χ0v) is 17.4. The minimum Gasteiger partial charge on any atom is -0.491 e. The molecule has 0 saturated carbocycles. The lowest BCUT2D eigenvalue weighted by Crippen LogP contribution is -2.42. The molecule has 3 aliphatic carbocycles. The van der Waals surface area contributed by atoms with Gasteiger partial charge in [0, 0.05) is 18.3 Å². The lowest BCUT2D eigenvalue weighted by atomic mass is 9.55. The van der Waals surface area contributed by atoms with E-state index in [2.05, 4.69) is 0 Å². The Balaban J connectivity index is 1.47. The zero-order valence-electron chi connectivity index (χ0n) is 17.4. The van der Waals surface area contributed by atoms with Crippen molar-refractivity contribution in [2.45, 2.75) is 18.3 Å². The van der Waals surface area contributed by atoms with E-state index in [0.29, 0.717) is 46.7 Å². The number of rotatable bonds is 1. The number of amides is 2. The van der Waals surface area contributed by atoms with E-state index in [1.807, 2.05) is 6.07 Å². The summed E-state index contributed by atoms with van der Waals surface area (Å²) in [5.41, 5.74) is 2.47. The van der Waals surface area contributed by atoms with Crippen LogP contribution in [0.4, 0.5) is 23.2 Å². The first-order chi connectivity index (χ1) is 16.4. The molecular weight excluding hydrogens is 450 g/mol. The van der Waals surface area contributed by atoms with Crippen molar-refractivity contribution in [3.05, 3.63) is 93.6 Å². The highest BCUT2D eigenvalue weighted by Crippen LogP contribution is 2.62. The van der Waals surface area contributed by atoms with Crippen LogP contribution in [0.3, 0.4) is 0 Å². The molecule has 0 unspecified atom stereocenters. The number of para-hydroxylation sites is 1. The van der Waals surface area contributed by atoms with Crippen molar-refractivity contribution in [1.29, 1.82) is 0 Å². The third kappa shape index (κ3) is 2.28. The molecule has 1 fully saturated rings. The lowest BCUT2D eigenvalue weighted by Gasteiger charge is -2.46. The number of hydrogen-bond acceptors (Lipinski definition) is 3. The van der Waals surface area contributed by atoms with E-state index in [4.69, 9.17) is 4.74 Å². The van der Waals surface area contributed by atoms with Crippen molar-refractivity contribution in [2.24, 2.45) is 11.8 Å². The summed E-state index contributed by atoms with van der Waals surface area (Å²) in [5.74, 6) is -8.71. The van der Waals surface area contributed by atoms with Gasteiger partial charge in [-0.2, -0.15) is 0 Å². The van der Waals surface area contributed by atoms with E-state index in [-0.39, 0.29) is 0 Å². The van der Waals surface area contributed by atoms with Gasteiger partial charge in [-0.05, 0) is 58.1 Å². The zero-order chi connectivity index (χ0) is 23.5. The molecule has 3 aromatic rings. The number of benzene rings is 3. The van der Waals surface area contributed by atoms with Gasteiger partial charge in [-0.3, -0.25) is 9.59 Å². The molecule has 34 heavy (non-hydrogen) atoms. The quantitative estimate of drug-likeness (QED) is 0.391. The summed E-state index contributed by atoms with van der Waals surface area (Å²) in [4.78, 5) is 28.6. The standard InChI is InChI=1S/C26H15F4NO3/c27-15-6-11-12(7-16(15)28)21-14-9-18(30)17(29)8-13(14)20(11)22-23(21)26(33)31(25(22)32)19-3-1-2-10-4-5-34-24(10)19/h1-3,6-9,20-23H,4-5H2/t20?,21?,22-,23+. The van der Waals surface area contributed by atoms with E-state index in [1.165, 1.54) is 0 Å². The summed E-state index contributed by atoms with van der Waals surface area (Å²) >= 11 is 0. The van der Waals surface area contributed by atoms with Gasteiger partial charge in [0.2, 0.25) is 11.8 Å². The van der Waals surface area contributed by atoms with Gasteiger partial charge in [-0.1, -0.05) is 12.1 Å². The second kappa shape index (κ2) is 6.46. The van der Waals surface area contributed by atoms with Gasteiger partial charge in [0.1, 0.15) is 5.75 Å². The molecular formula is C26H15F4NO3. The third-order valence-electron chi connectivity index (χ3n) is 7.64. The first-order valence-electron chi connectivity index (χ1n) is 11.0. The summed E-state index contributed by atoms with van der Waals surface area (Å²) in [5, 5.41) is 0. The van der Waals surface area contributed by atoms with Gasteiger partial charge in [-0.25, -0.2) is 22.5 Å². The second-order valence-corrected chi connectivity index (χ2v) is 9.17. The largest absolute Gasteiger partial charge is 0.491 e. The molecule has 2 aliphatic heterocycles. The number of fused-ring (bicyclic) bond motifs is 1. The number of carbonyl (C=O) groups is 2. The first-order valence-corrected chi connectivity index (χ1v) is 11.0. The van der Waals surface area contributed by atoms with Crippen LogP contribution in [0.2, 0.25) is 0 Å². The summed E-state index contributed by atoms with van der Waals surface area (Å²) < 4.78 is 62.8.